The Hall–Kier alpha value is -1.46. The summed E-state index contributed by atoms with van der Waals surface area (Å²) in [5.41, 5.74) is -2.54. The van der Waals surface area contributed by atoms with Gasteiger partial charge in [-0.1, -0.05) is 0 Å². The minimum Gasteiger partial charge on any atom is -0.506 e. The van der Waals surface area contributed by atoms with E-state index in [9.17, 15) is 18.0 Å². The molecule has 0 saturated carbocycles. The Labute approximate surface area is 71.0 Å². The topological polar surface area (TPSA) is 42.2 Å². The van der Waals surface area contributed by atoms with Crippen molar-refractivity contribution < 1.29 is 18.3 Å². The minimum atomic E-state index is -4.73. The lowest BCUT2D eigenvalue weighted by Gasteiger charge is -2.07. The number of aryl methyl sites for hydroxylation is 1. The standard InChI is InChI=1S/C7H6F3NO2/c1-11-3-4(12)2-5(6(11)13)7(8,9)10/h2-3,12H,1H3. The number of aromatic nitrogens is 1. The molecule has 0 atom stereocenters. The maximum Gasteiger partial charge on any atom is 0.421 e. The van der Waals surface area contributed by atoms with Gasteiger partial charge in [0.1, 0.15) is 11.3 Å². The number of alkyl halides is 3. The number of nitrogens with zero attached hydrogens (tertiary/aromatic N) is 1. The largest absolute Gasteiger partial charge is 0.506 e. The number of halogens is 3. The fourth-order valence-electron chi connectivity index (χ4n) is 0.897. The monoisotopic (exact) mass is 193 g/mol. The molecule has 0 fully saturated rings. The van der Waals surface area contributed by atoms with Crippen molar-refractivity contribution in [1.82, 2.24) is 4.57 Å². The minimum absolute atomic E-state index is 0.405. The van der Waals surface area contributed by atoms with E-state index < -0.39 is 23.0 Å². The second kappa shape index (κ2) is 2.79. The van der Waals surface area contributed by atoms with E-state index in [0.717, 1.165) is 13.2 Å². The van der Waals surface area contributed by atoms with Gasteiger partial charge in [0.05, 0.1) is 0 Å². The highest BCUT2D eigenvalue weighted by atomic mass is 19.4. The molecule has 0 aliphatic rings. The second-order valence-electron chi connectivity index (χ2n) is 2.53. The van der Waals surface area contributed by atoms with Crippen molar-refractivity contribution in [2.45, 2.75) is 6.18 Å². The van der Waals surface area contributed by atoms with Crippen molar-refractivity contribution in [3.05, 3.63) is 28.2 Å². The van der Waals surface area contributed by atoms with E-state index in [4.69, 9.17) is 5.11 Å². The normalized spacial score (nSPS) is 11.7. The molecule has 1 heterocycles. The van der Waals surface area contributed by atoms with Crippen LogP contribution in [0.15, 0.2) is 17.1 Å². The van der Waals surface area contributed by atoms with Crippen LogP contribution in [0, 0.1) is 0 Å². The highest BCUT2D eigenvalue weighted by Gasteiger charge is 2.34. The van der Waals surface area contributed by atoms with Crippen molar-refractivity contribution in [3.8, 4) is 5.75 Å². The van der Waals surface area contributed by atoms with E-state index in [1.54, 1.807) is 0 Å². The molecular formula is C7H6F3NO2. The number of hydrogen-bond acceptors (Lipinski definition) is 2. The average Bonchev–Trinajstić information content (AvgIpc) is 1.94. The molecule has 0 bridgehead atoms. The Kier molecular flexibility index (Phi) is 2.07. The molecule has 0 spiro atoms. The number of rotatable bonds is 0. The van der Waals surface area contributed by atoms with Gasteiger partial charge in [0.25, 0.3) is 5.56 Å². The summed E-state index contributed by atoms with van der Waals surface area (Å²) in [6.07, 6.45) is -3.81. The van der Waals surface area contributed by atoms with Gasteiger partial charge in [-0.15, -0.1) is 0 Å². The zero-order valence-corrected chi connectivity index (χ0v) is 6.59. The van der Waals surface area contributed by atoms with Crippen LogP contribution in [0.25, 0.3) is 0 Å². The zero-order chi connectivity index (χ0) is 10.2. The van der Waals surface area contributed by atoms with Gasteiger partial charge in [-0.25, -0.2) is 0 Å². The van der Waals surface area contributed by atoms with Gasteiger partial charge in [0.15, 0.2) is 0 Å². The number of pyridine rings is 1. The lowest BCUT2D eigenvalue weighted by atomic mass is 10.2. The fourth-order valence-corrected chi connectivity index (χ4v) is 0.897. The predicted molar refractivity (Wildman–Crippen MR) is 38.3 cm³/mol. The van der Waals surface area contributed by atoms with E-state index in [1.807, 2.05) is 0 Å². The van der Waals surface area contributed by atoms with Gasteiger partial charge in [-0.05, 0) is 6.07 Å². The smallest absolute Gasteiger partial charge is 0.421 e. The molecule has 0 amide bonds. The first-order chi connectivity index (χ1) is 5.82. The first kappa shape index (κ1) is 9.63. The molecule has 1 aromatic heterocycles. The predicted octanol–water partition coefficient (Wildman–Crippen LogP) is 1.11. The number of aromatic hydroxyl groups is 1. The Morgan fingerprint density at radius 3 is 2.46 bits per heavy atom. The average molecular weight is 193 g/mol. The molecule has 0 saturated heterocycles. The maximum atomic E-state index is 12.1. The van der Waals surface area contributed by atoms with Crippen molar-refractivity contribution in [2.75, 3.05) is 0 Å². The molecule has 0 aliphatic carbocycles. The Bertz CT molecular complexity index is 380. The SMILES string of the molecule is Cn1cc(O)cc(C(F)(F)F)c1=O. The molecule has 0 unspecified atom stereocenters. The Morgan fingerprint density at radius 2 is 2.00 bits per heavy atom. The van der Waals surface area contributed by atoms with E-state index in [0.29, 0.717) is 10.6 Å². The molecule has 0 aromatic carbocycles. The van der Waals surface area contributed by atoms with Crippen LogP contribution >= 0.6 is 0 Å². The van der Waals surface area contributed by atoms with E-state index >= 15 is 0 Å². The summed E-state index contributed by atoms with van der Waals surface area (Å²) in [6.45, 7) is 0. The summed E-state index contributed by atoms with van der Waals surface area (Å²) < 4.78 is 36.9. The van der Waals surface area contributed by atoms with Gasteiger partial charge in [-0.2, -0.15) is 13.2 Å². The summed E-state index contributed by atoms with van der Waals surface area (Å²) in [4.78, 5) is 10.9. The molecule has 72 valence electrons. The van der Waals surface area contributed by atoms with Crippen molar-refractivity contribution >= 4 is 0 Å². The molecule has 0 radical (unpaired) electrons. The Morgan fingerprint density at radius 1 is 1.46 bits per heavy atom. The lowest BCUT2D eigenvalue weighted by molar-refractivity contribution is -0.139. The quantitative estimate of drug-likeness (QED) is 0.670. The van der Waals surface area contributed by atoms with Crippen LogP contribution in [0.4, 0.5) is 13.2 Å². The zero-order valence-electron chi connectivity index (χ0n) is 6.59. The van der Waals surface area contributed by atoms with Crippen molar-refractivity contribution in [2.24, 2.45) is 7.05 Å². The van der Waals surface area contributed by atoms with Crippen molar-refractivity contribution in [3.63, 3.8) is 0 Å². The summed E-state index contributed by atoms with van der Waals surface area (Å²) in [5.74, 6) is -0.588. The van der Waals surface area contributed by atoms with Gasteiger partial charge in [0.2, 0.25) is 0 Å². The molecule has 0 aliphatic heterocycles. The first-order valence-electron chi connectivity index (χ1n) is 3.29. The van der Waals surface area contributed by atoms with Gasteiger partial charge in [-0.3, -0.25) is 4.79 Å². The fraction of sp³-hybridized carbons (Fsp3) is 0.286. The van der Waals surface area contributed by atoms with Gasteiger partial charge < -0.3 is 9.67 Å². The van der Waals surface area contributed by atoms with Crippen LogP contribution < -0.4 is 5.56 Å². The van der Waals surface area contributed by atoms with Gasteiger partial charge >= 0.3 is 6.18 Å². The van der Waals surface area contributed by atoms with Crippen molar-refractivity contribution in [1.29, 1.82) is 0 Å². The molecule has 1 aromatic rings. The summed E-state index contributed by atoms with van der Waals surface area (Å²) >= 11 is 0. The molecule has 6 heteroatoms. The Balaban J connectivity index is 3.47. The van der Waals surface area contributed by atoms with E-state index in [2.05, 4.69) is 0 Å². The summed E-state index contributed by atoms with van der Waals surface area (Å²) in [7, 11) is 1.14. The van der Waals surface area contributed by atoms with Crippen LogP contribution in [-0.2, 0) is 13.2 Å². The third-order valence-corrected chi connectivity index (χ3v) is 1.47. The highest BCUT2D eigenvalue weighted by molar-refractivity contribution is 5.25. The third-order valence-electron chi connectivity index (χ3n) is 1.47. The highest BCUT2D eigenvalue weighted by Crippen LogP contribution is 2.27. The number of hydrogen-bond donors (Lipinski definition) is 1. The lowest BCUT2D eigenvalue weighted by Crippen LogP contribution is -2.26. The molecule has 13 heavy (non-hydrogen) atoms. The van der Waals surface area contributed by atoms with Gasteiger partial charge in [0, 0.05) is 13.2 Å². The van der Waals surface area contributed by atoms with E-state index in [-0.39, 0.29) is 0 Å². The van der Waals surface area contributed by atoms with Crippen LogP contribution in [0.5, 0.6) is 5.75 Å². The summed E-state index contributed by atoms with van der Waals surface area (Å²) in [6, 6.07) is 0.405. The van der Waals surface area contributed by atoms with E-state index in [1.165, 1.54) is 0 Å². The molecule has 1 rings (SSSR count). The van der Waals surface area contributed by atoms with Crippen LogP contribution in [0.2, 0.25) is 0 Å². The second-order valence-corrected chi connectivity index (χ2v) is 2.53. The molecular weight excluding hydrogens is 187 g/mol. The maximum absolute atomic E-state index is 12.1. The van der Waals surface area contributed by atoms with Crippen LogP contribution in [0.1, 0.15) is 5.56 Å². The molecule has 1 N–H and O–H groups in total. The van der Waals surface area contributed by atoms with Crippen LogP contribution in [-0.4, -0.2) is 9.67 Å². The third kappa shape index (κ3) is 1.82. The van der Waals surface area contributed by atoms with Crippen LogP contribution in [0.3, 0.4) is 0 Å². The summed E-state index contributed by atoms with van der Waals surface area (Å²) in [5, 5.41) is 8.82. The first-order valence-corrected chi connectivity index (χ1v) is 3.29. The molecule has 3 nitrogen and oxygen atoms in total.